The van der Waals surface area contributed by atoms with E-state index in [9.17, 15) is 9.59 Å². The molecular formula is C39H34N4O2. The number of benzene rings is 4. The van der Waals surface area contributed by atoms with Gasteiger partial charge in [-0.15, -0.1) is 0 Å². The molecule has 6 aromatic rings. The topological polar surface area (TPSA) is 84.0 Å². The van der Waals surface area contributed by atoms with Gasteiger partial charge in [0.1, 0.15) is 0 Å². The van der Waals surface area contributed by atoms with Crippen LogP contribution in [0.5, 0.6) is 0 Å². The molecule has 6 nitrogen and oxygen atoms in total. The lowest BCUT2D eigenvalue weighted by Crippen LogP contribution is -2.30. The highest BCUT2D eigenvalue weighted by molar-refractivity contribution is 6.09. The van der Waals surface area contributed by atoms with E-state index in [4.69, 9.17) is 0 Å². The molecule has 0 radical (unpaired) electrons. The van der Waals surface area contributed by atoms with Crippen LogP contribution in [0.1, 0.15) is 64.3 Å². The Hall–Kier alpha value is -5.62. The van der Waals surface area contributed by atoms with E-state index in [-0.39, 0.29) is 17.2 Å². The molecule has 0 saturated heterocycles. The molecule has 222 valence electrons. The Kier molecular flexibility index (Phi) is 8.21. The quantitative estimate of drug-likeness (QED) is 0.196. The number of rotatable bonds is 7. The molecule has 4 aromatic carbocycles. The van der Waals surface area contributed by atoms with Crippen molar-refractivity contribution in [2.24, 2.45) is 0 Å². The SMILES string of the molecule is CC(C)(C)c1ccc(-c2ccccc2C(=O)Nc2ccc3cc(C(=O)NC(c4ccccc4)c4ccccn4)cnc3c2)cc1. The zero-order valence-corrected chi connectivity index (χ0v) is 25.5. The summed E-state index contributed by atoms with van der Waals surface area (Å²) in [6.07, 6.45) is 3.27. The molecule has 1 atom stereocenters. The highest BCUT2D eigenvalue weighted by Gasteiger charge is 2.20. The Morgan fingerprint density at radius 2 is 1.44 bits per heavy atom. The van der Waals surface area contributed by atoms with Crippen LogP contribution >= 0.6 is 0 Å². The molecule has 0 saturated carbocycles. The normalized spacial score (nSPS) is 12.0. The van der Waals surface area contributed by atoms with Crippen LogP contribution in [0.15, 0.2) is 134 Å². The molecule has 2 heterocycles. The number of carbonyl (C=O) groups excluding carboxylic acids is 2. The molecule has 0 spiro atoms. The van der Waals surface area contributed by atoms with Crippen molar-refractivity contribution in [2.45, 2.75) is 32.2 Å². The third-order valence-corrected chi connectivity index (χ3v) is 7.83. The molecule has 0 aliphatic rings. The molecule has 2 aromatic heterocycles. The Morgan fingerprint density at radius 3 is 2.18 bits per heavy atom. The number of hydrogen-bond acceptors (Lipinski definition) is 4. The number of carbonyl (C=O) groups is 2. The van der Waals surface area contributed by atoms with Gasteiger partial charge in [0.2, 0.25) is 0 Å². The number of nitrogens with zero attached hydrogens (tertiary/aromatic N) is 2. The van der Waals surface area contributed by atoms with E-state index >= 15 is 0 Å². The van der Waals surface area contributed by atoms with E-state index in [1.165, 1.54) is 5.56 Å². The van der Waals surface area contributed by atoms with Gasteiger partial charge in [-0.2, -0.15) is 0 Å². The second kappa shape index (κ2) is 12.5. The highest BCUT2D eigenvalue weighted by atomic mass is 16.2. The van der Waals surface area contributed by atoms with Crippen LogP contribution in [-0.4, -0.2) is 21.8 Å². The maximum Gasteiger partial charge on any atom is 0.256 e. The summed E-state index contributed by atoms with van der Waals surface area (Å²) < 4.78 is 0. The number of amides is 2. The van der Waals surface area contributed by atoms with Gasteiger partial charge in [-0.25, -0.2) is 0 Å². The number of nitrogens with one attached hydrogen (secondary N) is 2. The summed E-state index contributed by atoms with van der Waals surface area (Å²) in [7, 11) is 0. The molecule has 0 bridgehead atoms. The number of pyridine rings is 2. The average Bonchev–Trinajstić information content (AvgIpc) is 3.07. The van der Waals surface area contributed by atoms with Crippen LogP contribution in [0.4, 0.5) is 5.69 Å². The van der Waals surface area contributed by atoms with Crippen molar-refractivity contribution in [2.75, 3.05) is 5.32 Å². The molecule has 1 unspecified atom stereocenters. The number of fused-ring (bicyclic) bond motifs is 1. The first-order valence-electron chi connectivity index (χ1n) is 14.9. The van der Waals surface area contributed by atoms with Gasteiger partial charge in [-0.05, 0) is 64.1 Å². The Bertz CT molecular complexity index is 1930. The Morgan fingerprint density at radius 1 is 0.711 bits per heavy atom. The van der Waals surface area contributed by atoms with E-state index in [0.29, 0.717) is 22.3 Å². The van der Waals surface area contributed by atoms with Crippen LogP contribution < -0.4 is 10.6 Å². The summed E-state index contributed by atoms with van der Waals surface area (Å²) in [6, 6.07) is 38.3. The van der Waals surface area contributed by atoms with Gasteiger partial charge in [0.25, 0.3) is 11.8 Å². The third kappa shape index (κ3) is 6.65. The van der Waals surface area contributed by atoms with Gasteiger partial charge in [0.15, 0.2) is 0 Å². The van der Waals surface area contributed by atoms with E-state index in [0.717, 1.165) is 27.8 Å². The summed E-state index contributed by atoms with van der Waals surface area (Å²) in [5, 5.41) is 6.93. The second-order valence-corrected chi connectivity index (χ2v) is 12.0. The molecule has 2 amide bonds. The summed E-state index contributed by atoms with van der Waals surface area (Å²) >= 11 is 0. The largest absolute Gasteiger partial charge is 0.339 e. The molecule has 6 heteroatoms. The van der Waals surface area contributed by atoms with Crippen LogP contribution in [0.25, 0.3) is 22.0 Å². The van der Waals surface area contributed by atoms with Crippen molar-refractivity contribution < 1.29 is 9.59 Å². The minimum atomic E-state index is -0.410. The fraction of sp³-hybridized carbons (Fsp3) is 0.128. The van der Waals surface area contributed by atoms with Crippen LogP contribution in [0, 0.1) is 0 Å². The van der Waals surface area contributed by atoms with Crippen molar-refractivity contribution >= 4 is 28.4 Å². The molecular weight excluding hydrogens is 556 g/mol. The molecule has 6 rings (SSSR count). The molecule has 0 aliphatic heterocycles. The number of anilines is 1. The minimum Gasteiger partial charge on any atom is -0.339 e. The van der Waals surface area contributed by atoms with E-state index in [1.54, 1.807) is 18.5 Å². The standard InChI is InChI=1S/C39H34N4O2/c1-39(2,3)30-19-16-26(17-20-30)32-13-7-8-14-33(32)38(45)42-31-21-18-28-23-29(25-41-35(28)24-31)37(44)43-36(27-11-5-4-6-12-27)34-15-9-10-22-40-34/h4-25,36H,1-3H3,(H,42,45)(H,43,44). The smallest absolute Gasteiger partial charge is 0.256 e. The fourth-order valence-corrected chi connectivity index (χ4v) is 5.34. The minimum absolute atomic E-state index is 0.0499. The Balaban J connectivity index is 1.20. The summed E-state index contributed by atoms with van der Waals surface area (Å²) in [5.41, 5.74) is 7.12. The summed E-state index contributed by atoms with van der Waals surface area (Å²) in [6.45, 7) is 6.55. The number of aromatic nitrogens is 2. The first-order chi connectivity index (χ1) is 21.8. The number of hydrogen-bond donors (Lipinski definition) is 2. The van der Waals surface area contributed by atoms with Crippen LogP contribution in [-0.2, 0) is 5.41 Å². The predicted molar refractivity (Wildman–Crippen MR) is 180 cm³/mol. The van der Waals surface area contributed by atoms with Gasteiger partial charge < -0.3 is 10.6 Å². The lowest BCUT2D eigenvalue weighted by atomic mass is 9.86. The fourth-order valence-electron chi connectivity index (χ4n) is 5.34. The average molecular weight is 591 g/mol. The van der Waals surface area contributed by atoms with Gasteiger partial charge >= 0.3 is 0 Å². The van der Waals surface area contributed by atoms with Gasteiger partial charge in [-0.1, -0.05) is 106 Å². The van der Waals surface area contributed by atoms with E-state index in [1.807, 2.05) is 91.0 Å². The summed E-state index contributed by atoms with van der Waals surface area (Å²) in [4.78, 5) is 35.9. The van der Waals surface area contributed by atoms with Gasteiger partial charge in [0.05, 0.1) is 22.8 Å². The first-order valence-corrected chi connectivity index (χ1v) is 14.9. The predicted octanol–water partition coefficient (Wildman–Crippen LogP) is 8.37. The van der Waals surface area contributed by atoms with Crippen molar-refractivity contribution in [1.82, 2.24) is 15.3 Å². The van der Waals surface area contributed by atoms with Gasteiger partial charge in [0, 0.05) is 29.0 Å². The van der Waals surface area contributed by atoms with Crippen LogP contribution in [0.3, 0.4) is 0 Å². The second-order valence-electron chi connectivity index (χ2n) is 12.0. The van der Waals surface area contributed by atoms with Gasteiger partial charge in [-0.3, -0.25) is 19.6 Å². The van der Waals surface area contributed by atoms with Crippen molar-refractivity contribution in [3.8, 4) is 11.1 Å². The highest BCUT2D eigenvalue weighted by Crippen LogP contribution is 2.29. The van der Waals surface area contributed by atoms with Crippen molar-refractivity contribution in [3.05, 3.63) is 162 Å². The maximum absolute atomic E-state index is 13.5. The van der Waals surface area contributed by atoms with Crippen molar-refractivity contribution in [1.29, 1.82) is 0 Å². The monoisotopic (exact) mass is 590 g/mol. The molecule has 45 heavy (non-hydrogen) atoms. The first kappa shape index (κ1) is 29.5. The molecule has 0 aliphatic carbocycles. The Labute approximate surface area is 263 Å². The maximum atomic E-state index is 13.5. The molecule has 0 fully saturated rings. The third-order valence-electron chi connectivity index (χ3n) is 7.83. The van der Waals surface area contributed by atoms with E-state index < -0.39 is 6.04 Å². The van der Waals surface area contributed by atoms with E-state index in [2.05, 4.69) is 65.6 Å². The lowest BCUT2D eigenvalue weighted by Gasteiger charge is -2.19. The summed E-state index contributed by atoms with van der Waals surface area (Å²) in [5.74, 6) is -0.462. The van der Waals surface area contributed by atoms with Crippen LogP contribution in [0.2, 0.25) is 0 Å². The molecule has 2 N–H and O–H groups in total. The lowest BCUT2D eigenvalue weighted by molar-refractivity contribution is 0.0941. The zero-order valence-electron chi connectivity index (χ0n) is 25.5. The van der Waals surface area contributed by atoms with Crippen molar-refractivity contribution in [3.63, 3.8) is 0 Å². The zero-order chi connectivity index (χ0) is 31.4.